The van der Waals surface area contributed by atoms with Crippen LogP contribution >= 0.6 is 27.5 Å². The SMILES string of the molecule is NC(C(=O)O)c1cc(Cl)c(Br)cc1O. The minimum atomic E-state index is -1.28. The fourth-order valence-corrected chi connectivity index (χ4v) is 1.44. The van der Waals surface area contributed by atoms with Crippen molar-refractivity contribution >= 4 is 33.5 Å². The molecule has 0 fully saturated rings. The van der Waals surface area contributed by atoms with Crippen molar-refractivity contribution in [3.8, 4) is 5.75 Å². The van der Waals surface area contributed by atoms with E-state index in [9.17, 15) is 9.90 Å². The Morgan fingerprint density at radius 1 is 1.57 bits per heavy atom. The second-order valence-corrected chi connectivity index (χ2v) is 3.90. The molecular formula is C8H7BrClNO3. The fourth-order valence-electron chi connectivity index (χ4n) is 0.934. The Labute approximate surface area is 93.4 Å². The number of carboxylic acids is 1. The highest BCUT2D eigenvalue weighted by atomic mass is 79.9. The first-order valence-electron chi connectivity index (χ1n) is 3.59. The van der Waals surface area contributed by atoms with Crippen molar-refractivity contribution in [2.45, 2.75) is 6.04 Å². The van der Waals surface area contributed by atoms with Crippen LogP contribution < -0.4 is 5.73 Å². The van der Waals surface area contributed by atoms with Crippen LogP contribution in [0.2, 0.25) is 5.02 Å². The summed E-state index contributed by atoms with van der Waals surface area (Å²) in [5.41, 5.74) is 5.41. The van der Waals surface area contributed by atoms with Crippen molar-refractivity contribution in [2.24, 2.45) is 5.73 Å². The van der Waals surface area contributed by atoms with Gasteiger partial charge in [-0.05, 0) is 28.1 Å². The predicted molar refractivity (Wildman–Crippen MR) is 55.4 cm³/mol. The molecule has 1 unspecified atom stereocenters. The number of phenols is 1. The van der Waals surface area contributed by atoms with Crippen molar-refractivity contribution in [2.75, 3.05) is 0 Å². The number of aromatic hydroxyl groups is 1. The maximum absolute atomic E-state index is 10.6. The number of aliphatic carboxylic acids is 1. The molecule has 0 aliphatic carbocycles. The van der Waals surface area contributed by atoms with Crippen LogP contribution in [-0.2, 0) is 4.79 Å². The van der Waals surface area contributed by atoms with Gasteiger partial charge in [0.25, 0.3) is 0 Å². The van der Waals surface area contributed by atoms with Crippen molar-refractivity contribution in [1.29, 1.82) is 0 Å². The van der Waals surface area contributed by atoms with Crippen LogP contribution in [0.3, 0.4) is 0 Å². The Balaban J connectivity index is 3.22. The van der Waals surface area contributed by atoms with E-state index in [4.69, 9.17) is 22.4 Å². The van der Waals surface area contributed by atoms with Crippen LogP contribution in [0.5, 0.6) is 5.75 Å². The third kappa shape index (κ3) is 2.17. The molecule has 76 valence electrons. The van der Waals surface area contributed by atoms with Gasteiger partial charge < -0.3 is 15.9 Å². The fraction of sp³-hybridized carbons (Fsp3) is 0.125. The Kier molecular flexibility index (Phi) is 3.36. The number of nitrogens with two attached hydrogens (primary N) is 1. The molecule has 0 heterocycles. The minimum absolute atomic E-state index is 0.0886. The van der Waals surface area contributed by atoms with Crippen LogP contribution in [0.4, 0.5) is 0 Å². The van der Waals surface area contributed by atoms with Crippen LogP contribution in [0.25, 0.3) is 0 Å². The lowest BCUT2D eigenvalue weighted by atomic mass is 10.1. The molecule has 0 saturated carbocycles. The lowest BCUT2D eigenvalue weighted by molar-refractivity contribution is -0.138. The number of benzene rings is 1. The van der Waals surface area contributed by atoms with E-state index in [0.29, 0.717) is 9.50 Å². The molecule has 14 heavy (non-hydrogen) atoms. The molecule has 0 spiro atoms. The van der Waals surface area contributed by atoms with Crippen molar-refractivity contribution in [3.05, 3.63) is 27.2 Å². The maximum Gasteiger partial charge on any atom is 0.325 e. The monoisotopic (exact) mass is 279 g/mol. The standard InChI is InChI=1S/C8H7BrClNO3/c9-4-2-6(12)3(1-5(4)10)7(11)8(13)14/h1-2,7,12H,11H2,(H,13,14). The highest BCUT2D eigenvalue weighted by Crippen LogP contribution is 2.32. The smallest absolute Gasteiger partial charge is 0.325 e. The van der Waals surface area contributed by atoms with Gasteiger partial charge in [0.05, 0.1) is 5.02 Å². The summed E-state index contributed by atoms with van der Waals surface area (Å²) in [7, 11) is 0. The van der Waals surface area contributed by atoms with E-state index >= 15 is 0 Å². The lowest BCUT2D eigenvalue weighted by Crippen LogP contribution is -2.20. The number of hydrogen-bond acceptors (Lipinski definition) is 3. The van der Waals surface area contributed by atoms with Gasteiger partial charge in [-0.25, -0.2) is 0 Å². The van der Waals surface area contributed by atoms with Gasteiger partial charge in [0.2, 0.25) is 0 Å². The molecule has 4 N–H and O–H groups in total. The van der Waals surface area contributed by atoms with Crippen molar-refractivity contribution < 1.29 is 15.0 Å². The van der Waals surface area contributed by atoms with Gasteiger partial charge in [0.15, 0.2) is 0 Å². The van der Waals surface area contributed by atoms with E-state index < -0.39 is 12.0 Å². The van der Waals surface area contributed by atoms with Gasteiger partial charge in [0.1, 0.15) is 11.8 Å². The zero-order valence-corrected chi connectivity index (χ0v) is 9.21. The molecule has 6 heteroatoms. The number of halogens is 2. The topological polar surface area (TPSA) is 83.6 Å². The summed E-state index contributed by atoms with van der Waals surface area (Å²) in [4.78, 5) is 10.6. The highest BCUT2D eigenvalue weighted by Gasteiger charge is 2.19. The molecule has 0 aromatic heterocycles. The second-order valence-electron chi connectivity index (χ2n) is 2.64. The molecule has 1 rings (SSSR count). The highest BCUT2D eigenvalue weighted by molar-refractivity contribution is 9.10. The number of hydrogen-bond donors (Lipinski definition) is 3. The summed E-state index contributed by atoms with van der Waals surface area (Å²) < 4.78 is 0.484. The van der Waals surface area contributed by atoms with E-state index in [1.165, 1.54) is 12.1 Å². The van der Waals surface area contributed by atoms with Gasteiger partial charge in [-0.3, -0.25) is 4.79 Å². The maximum atomic E-state index is 10.6. The van der Waals surface area contributed by atoms with Gasteiger partial charge in [-0.2, -0.15) is 0 Å². The molecule has 1 atom stereocenters. The summed E-state index contributed by atoms with van der Waals surface area (Å²) in [6, 6.07) is 1.35. The van der Waals surface area contributed by atoms with Gasteiger partial charge in [-0.15, -0.1) is 0 Å². The lowest BCUT2D eigenvalue weighted by Gasteiger charge is -2.10. The summed E-state index contributed by atoms with van der Waals surface area (Å²) in [6.45, 7) is 0. The largest absolute Gasteiger partial charge is 0.508 e. The zero-order valence-electron chi connectivity index (χ0n) is 6.87. The average Bonchev–Trinajstić information content (AvgIpc) is 2.10. The minimum Gasteiger partial charge on any atom is -0.508 e. The summed E-state index contributed by atoms with van der Waals surface area (Å²) >= 11 is 8.81. The molecule has 1 aromatic carbocycles. The van der Waals surface area contributed by atoms with Gasteiger partial charge in [0, 0.05) is 10.0 Å². The zero-order chi connectivity index (χ0) is 10.9. The average molecular weight is 281 g/mol. The van der Waals surface area contributed by atoms with Crippen molar-refractivity contribution in [3.63, 3.8) is 0 Å². The Hall–Kier alpha value is -0.780. The molecular weight excluding hydrogens is 273 g/mol. The number of carboxylic acid groups (broad SMARTS) is 1. The van der Waals surface area contributed by atoms with E-state index in [2.05, 4.69) is 15.9 Å². The molecule has 0 aliphatic heterocycles. The summed E-state index contributed by atoms with van der Waals surface area (Å²) in [6.07, 6.45) is 0. The molecule has 0 bridgehead atoms. The normalized spacial score (nSPS) is 12.5. The summed E-state index contributed by atoms with van der Waals surface area (Å²) in [5.74, 6) is -1.42. The first-order valence-corrected chi connectivity index (χ1v) is 4.77. The molecule has 0 saturated heterocycles. The van der Waals surface area contributed by atoms with E-state index in [0.717, 1.165) is 0 Å². The van der Waals surface area contributed by atoms with Crippen molar-refractivity contribution in [1.82, 2.24) is 0 Å². The number of rotatable bonds is 2. The Morgan fingerprint density at radius 3 is 2.64 bits per heavy atom. The number of phenolic OH excluding ortho intramolecular Hbond substituents is 1. The van der Waals surface area contributed by atoms with Crippen LogP contribution in [0.1, 0.15) is 11.6 Å². The summed E-state index contributed by atoms with van der Waals surface area (Å²) in [5, 5.41) is 18.3. The van der Waals surface area contributed by atoms with Gasteiger partial charge >= 0.3 is 5.97 Å². The van der Waals surface area contributed by atoms with Crippen LogP contribution in [0.15, 0.2) is 16.6 Å². The Morgan fingerprint density at radius 2 is 2.14 bits per heavy atom. The second kappa shape index (κ2) is 4.16. The van der Waals surface area contributed by atoms with Crippen LogP contribution in [0, 0.1) is 0 Å². The van der Waals surface area contributed by atoms with E-state index in [1.54, 1.807) is 0 Å². The van der Waals surface area contributed by atoms with E-state index in [1.807, 2.05) is 0 Å². The predicted octanol–water partition coefficient (Wildman–Crippen LogP) is 1.89. The van der Waals surface area contributed by atoms with Crippen LogP contribution in [-0.4, -0.2) is 16.2 Å². The molecule has 0 radical (unpaired) electrons. The third-order valence-corrected chi connectivity index (χ3v) is 2.87. The molecule has 0 amide bonds. The third-order valence-electron chi connectivity index (χ3n) is 1.67. The quantitative estimate of drug-likeness (QED) is 0.772. The Bertz CT molecular complexity index is 383. The molecule has 0 aliphatic rings. The number of carbonyl (C=O) groups is 1. The van der Waals surface area contributed by atoms with E-state index in [-0.39, 0.29) is 11.3 Å². The first-order chi connectivity index (χ1) is 6.43. The van der Waals surface area contributed by atoms with Gasteiger partial charge in [-0.1, -0.05) is 11.6 Å². The first kappa shape index (κ1) is 11.3. The molecule has 1 aromatic rings. The molecule has 4 nitrogen and oxygen atoms in total.